The topological polar surface area (TPSA) is 53.4 Å². The van der Waals surface area contributed by atoms with Crippen LogP contribution in [0, 0.1) is 0 Å². The summed E-state index contributed by atoms with van der Waals surface area (Å²) in [5.74, 6) is 1.26. The molecule has 0 spiro atoms. The normalized spacial score (nSPS) is 10.5. The van der Waals surface area contributed by atoms with E-state index in [1.165, 1.54) is 0 Å². The molecular formula is C18H15BrN2O3. The Balaban J connectivity index is 2.20. The monoisotopic (exact) mass is 386 g/mol. The molecule has 0 aliphatic rings. The highest BCUT2D eigenvalue weighted by atomic mass is 79.9. The van der Waals surface area contributed by atoms with Gasteiger partial charge in [0, 0.05) is 11.6 Å². The van der Waals surface area contributed by atoms with Gasteiger partial charge in [-0.2, -0.15) is 5.10 Å². The number of halogens is 1. The predicted octanol–water partition coefficient (Wildman–Crippen LogP) is 4.13. The second-order valence-corrected chi connectivity index (χ2v) is 5.77. The van der Waals surface area contributed by atoms with Crippen molar-refractivity contribution in [2.45, 2.75) is 0 Å². The molecular weight excluding hydrogens is 372 g/mol. The number of carbonyl (C=O) groups is 1. The highest BCUT2D eigenvalue weighted by Gasteiger charge is 2.19. The molecule has 0 saturated heterocycles. The number of ether oxygens (including phenoxy) is 2. The minimum Gasteiger partial charge on any atom is -0.497 e. The number of para-hydroxylation sites is 1. The van der Waals surface area contributed by atoms with Gasteiger partial charge < -0.3 is 9.47 Å². The molecule has 3 aromatic rings. The summed E-state index contributed by atoms with van der Waals surface area (Å²) >= 11 is 3.47. The van der Waals surface area contributed by atoms with Crippen molar-refractivity contribution in [2.75, 3.05) is 14.2 Å². The molecule has 0 amide bonds. The first-order valence-electron chi connectivity index (χ1n) is 7.20. The fourth-order valence-corrected chi connectivity index (χ4v) is 2.98. The van der Waals surface area contributed by atoms with Gasteiger partial charge in [-0.3, -0.25) is 4.79 Å². The van der Waals surface area contributed by atoms with E-state index in [0.29, 0.717) is 27.4 Å². The quantitative estimate of drug-likeness (QED) is 0.618. The first-order valence-corrected chi connectivity index (χ1v) is 7.99. The molecule has 0 aliphatic heterocycles. The van der Waals surface area contributed by atoms with Gasteiger partial charge >= 0.3 is 0 Å². The van der Waals surface area contributed by atoms with Crippen molar-refractivity contribution in [2.24, 2.45) is 0 Å². The van der Waals surface area contributed by atoms with E-state index < -0.39 is 0 Å². The highest BCUT2D eigenvalue weighted by molar-refractivity contribution is 9.10. The average Bonchev–Trinajstić information content (AvgIpc) is 2.98. The second kappa shape index (κ2) is 6.88. The number of hydrogen-bond donors (Lipinski definition) is 0. The summed E-state index contributed by atoms with van der Waals surface area (Å²) in [6.07, 6.45) is 0.789. The molecule has 0 saturated carbocycles. The number of rotatable bonds is 5. The van der Waals surface area contributed by atoms with E-state index in [-0.39, 0.29) is 0 Å². The lowest BCUT2D eigenvalue weighted by Gasteiger charge is -2.07. The van der Waals surface area contributed by atoms with Gasteiger partial charge in [-0.1, -0.05) is 18.2 Å². The fraction of sp³-hybridized carbons (Fsp3) is 0.111. The Bertz CT molecular complexity index is 853. The molecule has 0 fully saturated rings. The van der Waals surface area contributed by atoms with Crippen LogP contribution in [0.15, 0.2) is 53.1 Å². The minimum atomic E-state index is 0.467. The first kappa shape index (κ1) is 16.3. The highest BCUT2D eigenvalue weighted by Crippen LogP contribution is 2.34. The smallest absolute Gasteiger partial charge is 0.155 e. The lowest BCUT2D eigenvalue weighted by atomic mass is 10.1. The summed E-state index contributed by atoms with van der Waals surface area (Å²) in [4.78, 5) is 11.6. The first-order chi connectivity index (χ1) is 11.7. The van der Waals surface area contributed by atoms with Crippen molar-refractivity contribution < 1.29 is 14.3 Å². The van der Waals surface area contributed by atoms with Crippen LogP contribution in [0.1, 0.15) is 10.4 Å². The van der Waals surface area contributed by atoms with Gasteiger partial charge in [0.2, 0.25) is 0 Å². The third kappa shape index (κ3) is 2.92. The molecule has 6 heteroatoms. The number of carbonyl (C=O) groups excluding carboxylic acids is 1. The molecule has 0 unspecified atom stereocenters. The molecule has 24 heavy (non-hydrogen) atoms. The molecule has 2 aromatic carbocycles. The SMILES string of the molecule is COc1cc(OC)cc(-c2nn(-c3ccccc3)c(Br)c2C=O)c1. The lowest BCUT2D eigenvalue weighted by molar-refractivity contribution is 0.112. The van der Waals surface area contributed by atoms with E-state index in [1.807, 2.05) is 42.5 Å². The van der Waals surface area contributed by atoms with Crippen LogP contribution in [0.25, 0.3) is 16.9 Å². The summed E-state index contributed by atoms with van der Waals surface area (Å²) in [6, 6.07) is 15.0. The van der Waals surface area contributed by atoms with Crippen molar-refractivity contribution in [3.05, 3.63) is 58.7 Å². The molecule has 0 atom stereocenters. The lowest BCUT2D eigenvalue weighted by Crippen LogP contribution is -1.96. The Morgan fingerprint density at radius 2 is 1.67 bits per heavy atom. The fourth-order valence-electron chi connectivity index (χ4n) is 2.41. The summed E-state index contributed by atoms with van der Waals surface area (Å²) in [7, 11) is 3.16. The predicted molar refractivity (Wildman–Crippen MR) is 95.2 cm³/mol. The van der Waals surface area contributed by atoms with Crippen molar-refractivity contribution in [3.8, 4) is 28.4 Å². The summed E-state index contributed by atoms with van der Waals surface area (Å²) < 4.78 is 12.9. The van der Waals surface area contributed by atoms with Crippen LogP contribution < -0.4 is 9.47 Å². The van der Waals surface area contributed by atoms with Gasteiger partial charge in [-0.05, 0) is 40.2 Å². The van der Waals surface area contributed by atoms with Crippen molar-refractivity contribution in [1.29, 1.82) is 0 Å². The molecule has 1 aromatic heterocycles. The van der Waals surface area contributed by atoms with Crippen LogP contribution in [-0.4, -0.2) is 30.3 Å². The average molecular weight is 387 g/mol. The summed E-state index contributed by atoms with van der Waals surface area (Å²) in [5, 5.41) is 4.60. The maximum Gasteiger partial charge on any atom is 0.155 e. The number of aromatic nitrogens is 2. The molecule has 0 aliphatic carbocycles. The number of hydrogen-bond acceptors (Lipinski definition) is 4. The van der Waals surface area contributed by atoms with Crippen molar-refractivity contribution >= 4 is 22.2 Å². The van der Waals surface area contributed by atoms with Crippen LogP contribution in [0.3, 0.4) is 0 Å². The number of benzene rings is 2. The number of nitrogens with zero attached hydrogens (tertiary/aromatic N) is 2. The van der Waals surface area contributed by atoms with Gasteiger partial charge in [0.25, 0.3) is 0 Å². The van der Waals surface area contributed by atoms with Gasteiger partial charge in [0.15, 0.2) is 6.29 Å². The van der Waals surface area contributed by atoms with Crippen molar-refractivity contribution in [1.82, 2.24) is 9.78 Å². The van der Waals surface area contributed by atoms with Crippen LogP contribution in [-0.2, 0) is 0 Å². The van der Waals surface area contributed by atoms with E-state index in [1.54, 1.807) is 25.0 Å². The maximum atomic E-state index is 11.6. The zero-order chi connectivity index (χ0) is 17.1. The molecule has 3 rings (SSSR count). The second-order valence-electron chi connectivity index (χ2n) is 5.02. The number of aldehydes is 1. The molecule has 122 valence electrons. The van der Waals surface area contributed by atoms with E-state index in [2.05, 4.69) is 21.0 Å². The third-order valence-electron chi connectivity index (χ3n) is 3.61. The third-order valence-corrected chi connectivity index (χ3v) is 4.37. The van der Waals surface area contributed by atoms with E-state index in [0.717, 1.165) is 17.5 Å². The summed E-state index contributed by atoms with van der Waals surface area (Å²) in [6.45, 7) is 0. The van der Waals surface area contributed by atoms with Crippen LogP contribution in [0.4, 0.5) is 0 Å². The standard InChI is InChI=1S/C18H15BrN2O3/c1-23-14-8-12(9-15(10-14)24-2)17-16(11-22)18(19)21(20-17)13-6-4-3-5-7-13/h3-11H,1-2H3. The Kier molecular flexibility index (Phi) is 4.66. The Hall–Kier alpha value is -2.60. The Morgan fingerprint density at radius 3 is 2.21 bits per heavy atom. The zero-order valence-corrected chi connectivity index (χ0v) is 14.8. The van der Waals surface area contributed by atoms with E-state index in [9.17, 15) is 4.79 Å². The molecule has 0 N–H and O–H groups in total. The van der Waals surface area contributed by atoms with Crippen LogP contribution in [0.5, 0.6) is 11.5 Å². The van der Waals surface area contributed by atoms with Gasteiger partial charge in [-0.15, -0.1) is 0 Å². The largest absolute Gasteiger partial charge is 0.497 e. The zero-order valence-electron chi connectivity index (χ0n) is 13.2. The Morgan fingerprint density at radius 1 is 1.04 bits per heavy atom. The van der Waals surface area contributed by atoms with Gasteiger partial charge in [-0.25, -0.2) is 4.68 Å². The Labute approximate surface area is 148 Å². The minimum absolute atomic E-state index is 0.467. The summed E-state index contributed by atoms with van der Waals surface area (Å²) in [5.41, 5.74) is 2.62. The van der Waals surface area contributed by atoms with Crippen LogP contribution in [0.2, 0.25) is 0 Å². The molecule has 1 heterocycles. The van der Waals surface area contributed by atoms with E-state index in [4.69, 9.17) is 9.47 Å². The van der Waals surface area contributed by atoms with Crippen molar-refractivity contribution in [3.63, 3.8) is 0 Å². The molecule has 0 bridgehead atoms. The molecule has 0 radical (unpaired) electrons. The molecule has 5 nitrogen and oxygen atoms in total. The van der Waals surface area contributed by atoms with E-state index >= 15 is 0 Å². The number of methoxy groups -OCH3 is 2. The van der Waals surface area contributed by atoms with Crippen LogP contribution >= 0.6 is 15.9 Å². The maximum absolute atomic E-state index is 11.6. The van der Waals surface area contributed by atoms with Gasteiger partial charge in [0.05, 0.1) is 25.5 Å². The van der Waals surface area contributed by atoms with Gasteiger partial charge in [0.1, 0.15) is 21.8 Å².